The molecule has 26 heavy (non-hydrogen) atoms. The third-order valence-electron chi connectivity index (χ3n) is 4.96. The van der Waals surface area contributed by atoms with E-state index in [1.807, 2.05) is 0 Å². The molecule has 0 spiro atoms. The molecule has 7 nitrogen and oxygen atoms in total. The summed E-state index contributed by atoms with van der Waals surface area (Å²) in [5.74, 6) is 0.876. The van der Waals surface area contributed by atoms with E-state index in [0.717, 1.165) is 77.3 Å². The number of carbonyl (C=O) groups is 1. The first-order chi connectivity index (χ1) is 12.6. The highest BCUT2D eigenvalue weighted by Crippen LogP contribution is 2.17. The second-order valence-corrected chi connectivity index (χ2v) is 7.36. The molecule has 2 aliphatic rings. The predicted octanol–water partition coefficient (Wildman–Crippen LogP) is 1.48. The summed E-state index contributed by atoms with van der Waals surface area (Å²) >= 11 is 0. The molecule has 0 aliphatic carbocycles. The van der Waals surface area contributed by atoms with Gasteiger partial charge in [-0.1, -0.05) is 13.3 Å². The molecule has 2 heterocycles. The zero-order valence-electron chi connectivity index (χ0n) is 16.7. The minimum atomic E-state index is 0.0228. The van der Waals surface area contributed by atoms with E-state index in [1.54, 1.807) is 19.0 Å². The van der Waals surface area contributed by atoms with E-state index in [1.165, 1.54) is 0 Å². The van der Waals surface area contributed by atoms with Crippen LogP contribution in [0.5, 0.6) is 0 Å². The normalized spacial score (nSPS) is 21.9. The van der Waals surface area contributed by atoms with Crippen LogP contribution >= 0.6 is 0 Å². The van der Waals surface area contributed by atoms with E-state index < -0.39 is 0 Å². The first-order valence-electron chi connectivity index (χ1n) is 10.1. The molecule has 2 aliphatic heterocycles. The number of carbonyl (C=O) groups excluding carboxylic acids is 1. The molecule has 2 rings (SSSR count). The molecule has 2 fully saturated rings. The van der Waals surface area contributed by atoms with E-state index in [4.69, 9.17) is 9.47 Å². The number of nitrogens with zero attached hydrogens (tertiary/aromatic N) is 3. The van der Waals surface area contributed by atoms with Gasteiger partial charge in [-0.15, -0.1) is 0 Å². The summed E-state index contributed by atoms with van der Waals surface area (Å²) in [6.07, 6.45) is 7.08. The Morgan fingerprint density at radius 3 is 2.69 bits per heavy atom. The number of likely N-dealkylation sites (N-methyl/N-ethyl adjacent to an activating group) is 1. The molecule has 0 aromatic heterocycles. The van der Waals surface area contributed by atoms with Gasteiger partial charge >= 0.3 is 0 Å². The molecule has 7 heteroatoms. The maximum absolute atomic E-state index is 11.9. The number of guanidine groups is 1. The zero-order valence-corrected chi connectivity index (χ0v) is 16.7. The van der Waals surface area contributed by atoms with Gasteiger partial charge in [0.1, 0.15) is 6.54 Å². The van der Waals surface area contributed by atoms with Gasteiger partial charge in [-0.3, -0.25) is 4.79 Å². The van der Waals surface area contributed by atoms with E-state index in [-0.39, 0.29) is 18.6 Å². The van der Waals surface area contributed by atoms with Crippen LogP contribution in [-0.4, -0.2) is 87.4 Å². The Morgan fingerprint density at radius 2 is 2.08 bits per heavy atom. The van der Waals surface area contributed by atoms with E-state index in [0.29, 0.717) is 6.10 Å². The fraction of sp³-hybridized carbons (Fsp3) is 0.895. The molecule has 2 saturated heterocycles. The van der Waals surface area contributed by atoms with Gasteiger partial charge in [0.25, 0.3) is 0 Å². The zero-order chi connectivity index (χ0) is 18.8. The van der Waals surface area contributed by atoms with Crippen LogP contribution in [0.2, 0.25) is 0 Å². The quantitative estimate of drug-likeness (QED) is 0.399. The van der Waals surface area contributed by atoms with Crippen LogP contribution in [0.1, 0.15) is 45.4 Å². The Kier molecular flexibility index (Phi) is 9.18. The van der Waals surface area contributed by atoms with Gasteiger partial charge in [0, 0.05) is 40.3 Å². The van der Waals surface area contributed by atoms with Crippen molar-refractivity contribution in [2.75, 3.05) is 53.5 Å². The van der Waals surface area contributed by atoms with Crippen molar-refractivity contribution in [2.24, 2.45) is 4.99 Å². The van der Waals surface area contributed by atoms with Gasteiger partial charge < -0.3 is 24.6 Å². The van der Waals surface area contributed by atoms with Crippen LogP contribution in [0.15, 0.2) is 4.99 Å². The predicted molar refractivity (Wildman–Crippen MR) is 103 cm³/mol. The summed E-state index contributed by atoms with van der Waals surface area (Å²) in [6, 6.07) is 0. The summed E-state index contributed by atoms with van der Waals surface area (Å²) < 4.78 is 11.7. The maximum atomic E-state index is 11.9. The molecule has 0 aromatic rings. The molecule has 1 amide bonds. The van der Waals surface area contributed by atoms with Crippen LogP contribution in [0.3, 0.4) is 0 Å². The van der Waals surface area contributed by atoms with Crippen molar-refractivity contribution < 1.29 is 14.3 Å². The van der Waals surface area contributed by atoms with E-state index in [9.17, 15) is 4.79 Å². The molecule has 1 unspecified atom stereocenters. The standard InChI is InChI=1S/C19H36N4O3/c1-4-5-10-20-19(21-14-18(24)22(2)3)23-11-8-16(9-12-23)26-15-17-7-6-13-25-17/h16-17H,4-15H2,1-3H3,(H,20,21). The van der Waals surface area contributed by atoms with Crippen molar-refractivity contribution in [3.8, 4) is 0 Å². The van der Waals surface area contributed by atoms with Crippen LogP contribution in [-0.2, 0) is 14.3 Å². The minimum Gasteiger partial charge on any atom is -0.376 e. The second kappa shape index (κ2) is 11.4. The average molecular weight is 369 g/mol. The van der Waals surface area contributed by atoms with Crippen LogP contribution < -0.4 is 5.32 Å². The van der Waals surface area contributed by atoms with Gasteiger partial charge in [0.2, 0.25) is 5.91 Å². The van der Waals surface area contributed by atoms with Gasteiger partial charge in [0.15, 0.2) is 5.96 Å². The Hall–Kier alpha value is -1.34. The smallest absolute Gasteiger partial charge is 0.243 e. The SMILES string of the molecule is CCCCNC(=NCC(=O)N(C)C)N1CCC(OCC2CCCO2)CC1. The highest BCUT2D eigenvalue weighted by molar-refractivity contribution is 5.84. The van der Waals surface area contributed by atoms with Crippen LogP contribution in [0.25, 0.3) is 0 Å². The third kappa shape index (κ3) is 7.11. The lowest BCUT2D eigenvalue weighted by Gasteiger charge is -2.34. The maximum Gasteiger partial charge on any atom is 0.243 e. The van der Waals surface area contributed by atoms with Crippen molar-refractivity contribution >= 4 is 11.9 Å². The first kappa shape index (κ1) is 21.0. The Labute approximate surface area is 158 Å². The van der Waals surface area contributed by atoms with Crippen molar-refractivity contribution in [1.29, 1.82) is 0 Å². The minimum absolute atomic E-state index is 0.0228. The fourth-order valence-corrected chi connectivity index (χ4v) is 3.18. The Morgan fingerprint density at radius 1 is 1.31 bits per heavy atom. The summed E-state index contributed by atoms with van der Waals surface area (Å²) in [5, 5.41) is 3.42. The van der Waals surface area contributed by atoms with Crippen molar-refractivity contribution in [2.45, 2.75) is 57.7 Å². The van der Waals surface area contributed by atoms with E-state index >= 15 is 0 Å². The van der Waals surface area contributed by atoms with Crippen LogP contribution in [0.4, 0.5) is 0 Å². The first-order valence-corrected chi connectivity index (χ1v) is 10.1. The highest BCUT2D eigenvalue weighted by atomic mass is 16.5. The number of piperidine rings is 1. The van der Waals surface area contributed by atoms with Gasteiger partial charge in [-0.2, -0.15) is 0 Å². The Balaban J connectivity index is 1.79. The monoisotopic (exact) mass is 368 g/mol. The molecule has 0 aromatic carbocycles. The fourth-order valence-electron chi connectivity index (χ4n) is 3.18. The topological polar surface area (TPSA) is 66.4 Å². The number of hydrogen-bond acceptors (Lipinski definition) is 4. The molecule has 1 N–H and O–H groups in total. The van der Waals surface area contributed by atoms with Crippen molar-refractivity contribution in [3.63, 3.8) is 0 Å². The highest BCUT2D eigenvalue weighted by Gasteiger charge is 2.24. The summed E-state index contributed by atoms with van der Waals surface area (Å²) in [5.41, 5.74) is 0. The van der Waals surface area contributed by atoms with Crippen molar-refractivity contribution in [1.82, 2.24) is 15.1 Å². The second-order valence-electron chi connectivity index (χ2n) is 7.36. The lowest BCUT2D eigenvalue weighted by Crippen LogP contribution is -2.47. The summed E-state index contributed by atoms with van der Waals surface area (Å²) in [7, 11) is 3.53. The number of hydrogen-bond donors (Lipinski definition) is 1. The van der Waals surface area contributed by atoms with Gasteiger partial charge in [-0.25, -0.2) is 4.99 Å². The molecule has 1 atom stereocenters. The van der Waals surface area contributed by atoms with E-state index in [2.05, 4.69) is 22.1 Å². The largest absolute Gasteiger partial charge is 0.376 e. The number of amides is 1. The van der Waals surface area contributed by atoms with Gasteiger partial charge in [0.05, 0.1) is 18.8 Å². The number of ether oxygens (including phenoxy) is 2. The lowest BCUT2D eigenvalue weighted by molar-refractivity contribution is -0.127. The molecule has 0 radical (unpaired) electrons. The molecular weight excluding hydrogens is 332 g/mol. The van der Waals surface area contributed by atoms with Crippen molar-refractivity contribution in [3.05, 3.63) is 0 Å². The Bertz CT molecular complexity index is 442. The van der Waals surface area contributed by atoms with Gasteiger partial charge in [-0.05, 0) is 32.1 Å². The number of nitrogens with one attached hydrogen (secondary N) is 1. The third-order valence-corrected chi connectivity index (χ3v) is 4.96. The van der Waals surface area contributed by atoms with Crippen LogP contribution in [0, 0.1) is 0 Å². The summed E-state index contributed by atoms with van der Waals surface area (Å²) in [4.78, 5) is 20.3. The summed E-state index contributed by atoms with van der Waals surface area (Å²) in [6.45, 7) is 6.66. The number of likely N-dealkylation sites (tertiary alicyclic amines) is 1. The number of aliphatic imine (C=N–C) groups is 1. The average Bonchev–Trinajstić information content (AvgIpc) is 3.16. The molecule has 150 valence electrons. The number of unbranched alkanes of at least 4 members (excludes halogenated alkanes) is 1. The molecule has 0 bridgehead atoms. The molecule has 0 saturated carbocycles. The molecular formula is C19H36N4O3. The number of rotatable bonds is 8. The lowest BCUT2D eigenvalue weighted by atomic mass is 10.1.